The number of rotatable bonds is 2. The molecule has 1 nitrogen and oxygen atoms in total. The highest BCUT2D eigenvalue weighted by Crippen LogP contribution is 2.41. The summed E-state index contributed by atoms with van der Waals surface area (Å²) in [7, 11) is 0. The maximum atomic E-state index is 6.27. The van der Waals surface area contributed by atoms with Crippen molar-refractivity contribution in [3.05, 3.63) is 48.0 Å². The summed E-state index contributed by atoms with van der Waals surface area (Å²) >= 11 is 0. The largest absolute Gasteiger partial charge is 0.324 e. The quantitative estimate of drug-likeness (QED) is 0.785. The zero-order chi connectivity index (χ0) is 10.3. The first kappa shape index (κ1) is 8.93. The molecule has 3 rings (SSSR count). The minimum Gasteiger partial charge on any atom is -0.324 e. The second kappa shape index (κ2) is 3.35. The molecule has 1 aliphatic rings. The van der Waals surface area contributed by atoms with Gasteiger partial charge in [-0.2, -0.15) is 0 Å². The van der Waals surface area contributed by atoms with Crippen molar-refractivity contribution >= 4 is 10.8 Å². The maximum absolute atomic E-state index is 6.27. The average molecular weight is 197 g/mol. The third kappa shape index (κ3) is 1.53. The molecule has 15 heavy (non-hydrogen) atoms. The minimum atomic E-state index is 0.232. The summed E-state index contributed by atoms with van der Waals surface area (Å²) in [6.45, 7) is 0. The van der Waals surface area contributed by atoms with Gasteiger partial charge in [0.2, 0.25) is 0 Å². The molecule has 0 aliphatic heterocycles. The van der Waals surface area contributed by atoms with Crippen LogP contribution in [0.1, 0.15) is 24.4 Å². The SMILES string of the molecule is N[C@H](c1cccc2ccccc12)C1CC1. The van der Waals surface area contributed by atoms with Crippen LogP contribution in [0.15, 0.2) is 42.5 Å². The van der Waals surface area contributed by atoms with E-state index in [1.807, 2.05) is 0 Å². The highest BCUT2D eigenvalue weighted by atomic mass is 14.7. The first-order valence-electron chi connectivity index (χ1n) is 5.59. The summed E-state index contributed by atoms with van der Waals surface area (Å²) in [4.78, 5) is 0. The Labute approximate surface area is 89.9 Å². The lowest BCUT2D eigenvalue weighted by Crippen LogP contribution is -2.12. The maximum Gasteiger partial charge on any atom is 0.0329 e. The van der Waals surface area contributed by atoms with Crippen LogP contribution in [-0.4, -0.2) is 0 Å². The summed E-state index contributed by atoms with van der Waals surface area (Å²) in [5.74, 6) is 0.718. The molecule has 0 saturated heterocycles. The van der Waals surface area contributed by atoms with E-state index in [0.29, 0.717) is 0 Å². The van der Waals surface area contributed by atoms with Crippen LogP contribution in [0.5, 0.6) is 0 Å². The molecule has 1 heteroatoms. The molecule has 1 saturated carbocycles. The molecule has 0 radical (unpaired) electrons. The van der Waals surface area contributed by atoms with Gasteiger partial charge in [-0.25, -0.2) is 0 Å². The number of fused-ring (bicyclic) bond motifs is 1. The normalized spacial score (nSPS) is 17.9. The van der Waals surface area contributed by atoms with Crippen molar-refractivity contribution < 1.29 is 0 Å². The van der Waals surface area contributed by atoms with Crippen molar-refractivity contribution in [2.75, 3.05) is 0 Å². The van der Waals surface area contributed by atoms with Gasteiger partial charge >= 0.3 is 0 Å². The Morgan fingerprint density at radius 2 is 1.73 bits per heavy atom. The summed E-state index contributed by atoms with van der Waals surface area (Å²) in [5, 5.41) is 2.62. The molecule has 0 unspecified atom stereocenters. The molecular formula is C14H15N. The zero-order valence-corrected chi connectivity index (χ0v) is 8.69. The van der Waals surface area contributed by atoms with Crippen LogP contribution in [0.25, 0.3) is 10.8 Å². The van der Waals surface area contributed by atoms with E-state index in [0.717, 1.165) is 5.92 Å². The average Bonchev–Trinajstić information content (AvgIpc) is 3.11. The van der Waals surface area contributed by atoms with Crippen LogP contribution in [0.4, 0.5) is 0 Å². The van der Waals surface area contributed by atoms with Crippen LogP contribution in [0.2, 0.25) is 0 Å². The standard InChI is InChI=1S/C14H15N/c15-14(11-8-9-11)13-7-3-5-10-4-1-2-6-12(10)13/h1-7,11,14H,8-9,15H2/t14-/m0/s1. The van der Waals surface area contributed by atoms with Gasteiger partial charge in [0.1, 0.15) is 0 Å². The molecule has 0 bridgehead atoms. The Morgan fingerprint density at radius 3 is 2.53 bits per heavy atom. The van der Waals surface area contributed by atoms with Crippen LogP contribution in [0.3, 0.4) is 0 Å². The monoisotopic (exact) mass is 197 g/mol. The molecule has 76 valence electrons. The third-order valence-electron chi connectivity index (χ3n) is 3.31. The molecule has 1 aliphatic carbocycles. The number of nitrogens with two attached hydrogens (primary N) is 1. The van der Waals surface area contributed by atoms with Gasteiger partial charge in [-0.3, -0.25) is 0 Å². The predicted octanol–water partition coefficient (Wildman–Crippen LogP) is 3.25. The van der Waals surface area contributed by atoms with Gasteiger partial charge < -0.3 is 5.73 Å². The van der Waals surface area contributed by atoms with Crippen molar-refractivity contribution in [1.82, 2.24) is 0 Å². The van der Waals surface area contributed by atoms with Crippen molar-refractivity contribution in [2.45, 2.75) is 18.9 Å². The van der Waals surface area contributed by atoms with Gasteiger partial charge in [0, 0.05) is 6.04 Å². The summed E-state index contributed by atoms with van der Waals surface area (Å²) < 4.78 is 0. The van der Waals surface area contributed by atoms with Crippen molar-refractivity contribution in [3.63, 3.8) is 0 Å². The molecule has 0 amide bonds. The van der Waals surface area contributed by atoms with Gasteiger partial charge in [0.15, 0.2) is 0 Å². The highest BCUT2D eigenvalue weighted by Gasteiger charge is 2.30. The fourth-order valence-electron chi connectivity index (χ4n) is 2.25. The third-order valence-corrected chi connectivity index (χ3v) is 3.31. The van der Waals surface area contributed by atoms with Gasteiger partial charge in [0.05, 0.1) is 0 Å². The first-order chi connectivity index (χ1) is 7.36. The van der Waals surface area contributed by atoms with E-state index in [4.69, 9.17) is 5.73 Å². The summed E-state index contributed by atoms with van der Waals surface area (Å²) in [5.41, 5.74) is 7.58. The van der Waals surface area contributed by atoms with Crippen LogP contribution < -0.4 is 5.73 Å². The summed E-state index contributed by atoms with van der Waals surface area (Å²) in [6, 6.07) is 15.2. The van der Waals surface area contributed by atoms with Crippen LogP contribution >= 0.6 is 0 Å². The smallest absolute Gasteiger partial charge is 0.0329 e. The van der Waals surface area contributed by atoms with Gasteiger partial charge in [-0.05, 0) is 35.1 Å². The fraction of sp³-hybridized carbons (Fsp3) is 0.286. The number of hydrogen-bond donors (Lipinski definition) is 1. The Bertz CT molecular complexity index is 480. The number of benzene rings is 2. The lowest BCUT2D eigenvalue weighted by Gasteiger charge is -2.13. The zero-order valence-electron chi connectivity index (χ0n) is 8.69. The van der Waals surface area contributed by atoms with Gasteiger partial charge in [0.25, 0.3) is 0 Å². The Kier molecular flexibility index (Phi) is 2.00. The van der Waals surface area contributed by atoms with Crippen LogP contribution in [0, 0.1) is 5.92 Å². The fourth-order valence-corrected chi connectivity index (χ4v) is 2.25. The molecule has 2 N–H and O–H groups in total. The molecule has 0 aromatic heterocycles. The van der Waals surface area contributed by atoms with Crippen molar-refractivity contribution in [3.8, 4) is 0 Å². The molecular weight excluding hydrogens is 182 g/mol. The van der Waals surface area contributed by atoms with E-state index in [1.54, 1.807) is 0 Å². The van der Waals surface area contributed by atoms with E-state index in [-0.39, 0.29) is 6.04 Å². The van der Waals surface area contributed by atoms with Crippen molar-refractivity contribution in [2.24, 2.45) is 11.7 Å². The first-order valence-corrected chi connectivity index (χ1v) is 5.59. The van der Waals surface area contributed by atoms with E-state index < -0.39 is 0 Å². The number of hydrogen-bond acceptors (Lipinski definition) is 1. The van der Waals surface area contributed by atoms with E-state index in [9.17, 15) is 0 Å². The second-order valence-corrected chi connectivity index (χ2v) is 4.43. The Balaban J connectivity index is 2.16. The van der Waals surface area contributed by atoms with Gasteiger partial charge in [-0.15, -0.1) is 0 Å². The Hall–Kier alpha value is -1.34. The Morgan fingerprint density at radius 1 is 1.00 bits per heavy atom. The topological polar surface area (TPSA) is 26.0 Å². The second-order valence-electron chi connectivity index (χ2n) is 4.43. The molecule has 1 fully saturated rings. The molecule has 1 atom stereocenters. The molecule has 0 spiro atoms. The lowest BCUT2D eigenvalue weighted by molar-refractivity contribution is 0.638. The van der Waals surface area contributed by atoms with E-state index >= 15 is 0 Å². The predicted molar refractivity (Wildman–Crippen MR) is 63.6 cm³/mol. The van der Waals surface area contributed by atoms with Crippen molar-refractivity contribution in [1.29, 1.82) is 0 Å². The van der Waals surface area contributed by atoms with E-state index in [2.05, 4.69) is 42.5 Å². The molecule has 2 aromatic carbocycles. The lowest BCUT2D eigenvalue weighted by atomic mass is 9.97. The summed E-state index contributed by atoms with van der Waals surface area (Å²) in [6.07, 6.45) is 2.59. The van der Waals surface area contributed by atoms with Crippen LogP contribution in [-0.2, 0) is 0 Å². The minimum absolute atomic E-state index is 0.232. The molecule has 0 heterocycles. The van der Waals surface area contributed by atoms with E-state index in [1.165, 1.54) is 29.2 Å². The van der Waals surface area contributed by atoms with Gasteiger partial charge in [-0.1, -0.05) is 42.5 Å². The molecule has 2 aromatic rings. The highest BCUT2D eigenvalue weighted by molar-refractivity contribution is 5.86.